The maximum absolute atomic E-state index is 14.1. The summed E-state index contributed by atoms with van der Waals surface area (Å²) in [5.41, 5.74) is 7.38. The van der Waals surface area contributed by atoms with Crippen molar-refractivity contribution in [2.75, 3.05) is 73.7 Å². The number of aliphatic hydroxyl groups is 3. The number of cyclic esters (lactones) is 1. The summed E-state index contributed by atoms with van der Waals surface area (Å²) >= 11 is 0. The molecular formula is C48H72N4O15. The normalized spacial score (nSPS) is 38.2. The molecule has 5 heterocycles. The highest BCUT2D eigenvalue weighted by molar-refractivity contribution is 5.91. The average Bonchev–Trinajstić information content (AvgIpc) is 3.31. The summed E-state index contributed by atoms with van der Waals surface area (Å²) in [6.07, 6.45) is -4.09. The van der Waals surface area contributed by atoms with Gasteiger partial charge in [-0.05, 0) is 77.8 Å². The molecule has 5 rings (SSSR count). The van der Waals surface area contributed by atoms with E-state index in [1.165, 1.54) is 20.3 Å². The highest BCUT2D eigenvalue weighted by Gasteiger charge is 2.48. The van der Waals surface area contributed by atoms with Crippen LogP contribution < -0.4 is 5.73 Å². The molecule has 19 nitrogen and oxygen atoms in total. The SMILES string of the molecule is CO[C@@H]1[C@H](O)[C@@H](C)O[C@@H](OC[C@H]2/C=C(C)/C=C/C(=O)[C@H](C)CC3CCOC/C(=N\OCC#Cc4cccc(N)n4)CO[C@H](CC(=O)OC2)[C@H](C)[C@H]3O[C@@H]2O[C@H](C)[C@@H](O)[C@H](N(C)C)[C@H]2O)[C@@H]1OC. The number of ketones is 1. The molecule has 3 fully saturated rings. The fourth-order valence-corrected chi connectivity index (χ4v) is 8.91. The number of fused-ring (bicyclic) bond motifs is 3. The molecule has 1 unspecified atom stereocenters. The van der Waals surface area contributed by atoms with Crippen LogP contribution in [-0.4, -0.2) is 184 Å². The number of nitrogens with two attached hydrogens (primary N) is 1. The van der Waals surface area contributed by atoms with Crippen molar-refractivity contribution in [2.45, 2.75) is 127 Å². The molecular weight excluding hydrogens is 873 g/mol. The van der Waals surface area contributed by atoms with Gasteiger partial charge >= 0.3 is 5.97 Å². The van der Waals surface area contributed by atoms with Gasteiger partial charge in [-0.25, -0.2) is 4.98 Å². The third kappa shape index (κ3) is 15.3. The largest absolute Gasteiger partial charge is 0.465 e. The fourth-order valence-electron chi connectivity index (χ4n) is 8.91. The second-order valence-corrected chi connectivity index (χ2v) is 18.1. The molecule has 5 N–H and O–H groups in total. The Balaban J connectivity index is 1.46. The molecule has 0 aromatic carbocycles. The Labute approximate surface area is 394 Å². The Bertz CT molecular complexity index is 1900. The first-order chi connectivity index (χ1) is 32.0. The molecule has 0 aliphatic carbocycles. The Morgan fingerprint density at radius 3 is 2.39 bits per heavy atom. The molecule has 3 saturated heterocycles. The minimum atomic E-state index is -1.26. The van der Waals surface area contributed by atoms with E-state index in [9.17, 15) is 24.9 Å². The van der Waals surface area contributed by atoms with E-state index < -0.39 is 97.3 Å². The summed E-state index contributed by atoms with van der Waals surface area (Å²) in [6, 6.07) is 4.42. The minimum Gasteiger partial charge on any atom is -0.465 e. The number of carbonyl (C=O) groups is 2. The molecule has 4 aliphatic heterocycles. The van der Waals surface area contributed by atoms with Crippen molar-refractivity contribution in [1.82, 2.24) is 9.88 Å². The number of allylic oxidation sites excluding steroid dienone is 3. The van der Waals surface area contributed by atoms with Gasteiger partial charge in [-0.1, -0.05) is 48.7 Å². The van der Waals surface area contributed by atoms with E-state index in [-0.39, 0.29) is 57.8 Å². The first kappa shape index (κ1) is 54.1. The van der Waals surface area contributed by atoms with Crippen LogP contribution in [0.1, 0.15) is 59.6 Å². The zero-order valence-electron chi connectivity index (χ0n) is 40.2. The van der Waals surface area contributed by atoms with Gasteiger partial charge in [0.2, 0.25) is 0 Å². The predicted molar refractivity (Wildman–Crippen MR) is 244 cm³/mol. The third-order valence-corrected chi connectivity index (χ3v) is 12.7. The number of esters is 1. The van der Waals surface area contributed by atoms with Crippen LogP contribution in [0.4, 0.5) is 5.82 Å². The van der Waals surface area contributed by atoms with E-state index in [0.717, 1.165) is 5.57 Å². The summed E-state index contributed by atoms with van der Waals surface area (Å²) in [7, 11) is 6.47. The molecule has 0 spiro atoms. The molecule has 4 aliphatic rings. The molecule has 0 radical (unpaired) electrons. The second-order valence-electron chi connectivity index (χ2n) is 18.1. The van der Waals surface area contributed by atoms with Crippen LogP contribution in [0.15, 0.2) is 47.2 Å². The van der Waals surface area contributed by atoms with Crippen LogP contribution in [0.3, 0.4) is 0 Å². The van der Waals surface area contributed by atoms with Crippen molar-refractivity contribution in [3.63, 3.8) is 0 Å². The quantitative estimate of drug-likeness (QED) is 0.114. The number of rotatable bonds is 10. The maximum atomic E-state index is 14.1. The molecule has 16 atom stereocenters. The van der Waals surface area contributed by atoms with E-state index >= 15 is 0 Å². The van der Waals surface area contributed by atoms with Crippen LogP contribution in [0.25, 0.3) is 0 Å². The highest BCUT2D eigenvalue weighted by Crippen LogP contribution is 2.36. The van der Waals surface area contributed by atoms with Gasteiger partial charge < -0.3 is 73.4 Å². The Morgan fingerprint density at radius 2 is 1.67 bits per heavy atom. The van der Waals surface area contributed by atoms with Gasteiger partial charge in [0.25, 0.3) is 0 Å². The van der Waals surface area contributed by atoms with Crippen LogP contribution in [0.5, 0.6) is 0 Å². The van der Waals surface area contributed by atoms with Crippen molar-refractivity contribution in [2.24, 2.45) is 28.8 Å². The van der Waals surface area contributed by atoms with E-state index in [1.807, 2.05) is 26.8 Å². The lowest BCUT2D eigenvalue weighted by Gasteiger charge is -2.47. The van der Waals surface area contributed by atoms with Gasteiger partial charge in [0, 0.05) is 38.6 Å². The topological polar surface area (TPSA) is 242 Å². The van der Waals surface area contributed by atoms with E-state index in [2.05, 4.69) is 22.0 Å². The van der Waals surface area contributed by atoms with Gasteiger partial charge in [0.15, 0.2) is 25.0 Å². The van der Waals surface area contributed by atoms with Gasteiger partial charge in [-0.3, -0.25) is 9.59 Å². The zero-order valence-corrected chi connectivity index (χ0v) is 40.2. The van der Waals surface area contributed by atoms with Crippen molar-refractivity contribution in [3.05, 3.63) is 47.7 Å². The van der Waals surface area contributed by atoms with Crippen molar-refractivity contribution >= 4 is 23.3 Å². The average molecular weight is 945 g/mol. The highest BCUT2D eigenvalue weighted by atomic mass is 16.7. The number of aromatic nitrogens is 1. The van der Waals surface area contributed by atoms with Crippen LogP contribution in [0, 0.1) is 35.5 Å². The van der Waals surface area contributed by atoms with Crippen LogP contribution in [0.2, 0.25) is 0 Å². The number of anilines is 1. The standard InChI is InChI=1S/C48H72N4O15/c1-27-15-16-36(53)28(2)21-33-17-19-60-25-35(51-64-18-11-13-34-12-10-14-38(49)50-34)26-61-37(29(3)44(33)67-47-43(57)40(52(6)7)41(55)30(4)65-47)22-39(54)62-23-32(20-27)24-63-48-46(59-9)45(58-8)42(56)31(5)66-48/h10,12,14-16,20,28-33,37,40-48,55-57H,17-19,21-26H2,1-9H3,(H2,49,50)/b16-15+,27-20+,51-35+/t28-,29+,30-,31-,32+,33?,37-,40+,41-,42-,43-,44-,45-,46-,47+,48-/m1/s1. The Morgan fingerprint density at radius 1 is 0.940 bits per heavy atom. The monoisotopic (exact) mass is 944 g/mol. The predicted octanol–water partition coefficient (Wildman–Crippen LogP) is 2.04. The summed E-state index contributed by atoms with van der Waals surface area (Å²) in [6.45, 7) is 9.01. The fraction of sp³-hybridized carbons (Fsp3) is 0.708. The summed E-state index contributed by atoms with van der Waals surface area (Å²) in [4.78, 5) is 39.4. The summed E-state index contributed by atoms with van der Waals surface area (Å²) < 4.78 is 55.1. The van der Waals surface area contributed by atoms with Crippen molar-refractivity contribution < 1.29 is 72.4 Å². The number of ether oxygens (including phenoxy) is 9. The van der Waals surface area contributed by atoms with E-state index in [4.69, 9.17) is 53.2 Å². The van der Waals surface area contributed by atoms with Gasteiger partial charge in [-0.15, -0.1) is 0 Å². The number of nitrogen functional groups attached to an aromatic ring is 1. The zero-order chi connectivity index (χ0) is 48.8. The number of pyridine rings is 1. The molecule has 0 saturated carbocycles. The summed E-state index contributed by atoms with van der Waals surface area (Å²) in [5.74, 6) is 3.44. The molecule has 19 heteroatoms. The number of hydrogen-bond acceptors (Lipinski definition) is 19. The molecule has 1 aromatic rings. The van der Waals surface area contributed by atoms with Crippen molar-refractivity contribution in [3.8, 4) is 11.8 Å². The third-order valence-electron chi connectivity index (χ3n) is 12.7. The first-order valence-electron chi connectivity index (χ1n) is 23.0. The van der Waals surface area contributed by atoms with E-state index in [1.54, 1.807) is 57.1 Å². The lowest BCUT2D eigenvalue weighted by Crippen LogP contribution is -2.63. The molecule has 1 aromatic heterocycles. The van der Waals surface area contributed by atoms with Crippen LogP contribution in [-0.2, 0) is 57.1 Å². The number of hydrogen-bond donors (Lipinski definition) is 4. The number of methoxy groups -OCH3 is 2. The lowest BCUT2D eigenvalue weighted by atomic mass is 9.79. The smallest absolute Gasteiger partial charge is 0.308 e. The number of oxime groups is 1. The molecule has 374 valence electrons. The lowest BCUT2D eigenvalue weighted by molar-refractivity contribution is -0.305. The molecule has 67 heavy (non-hydrogen) atoms. The Kier molecular flexibility index (Phi) is 21.1. The van der Waals surface area contributed by atoms with Crippen LogP contribution >= 0.6 is 0 Å². The molecule has 0 amide bonds. The first-order valence-corrected chi connectivity index (χ1v) is 23.0. The number of carbonyl (C=O) groups excluding carboxylic acids is 2. The van der Waals surface area contributed by atoms with E-state index in [0.29, 0.717) is 30.1 Å². The van der Waals surface area contributed by atoms with Crippen molar-refractivity contribution in [1.29, 1.82) is 0 Å². The maximum Gasteiger partial charge on any atom is 0.308 e. The van der Waals surface area contributed by atoms with Gasteiger partial charge in [0.1, 0.15) is 41.6 Å². The minimum absolute atomic E-state index is 0.0193. The second kappa shape index (κ2) is 26.2. The number of likely N-dealkylation sites (N-methyl/N-ethyl adjacent to an activating group) is 1. The van der Waals surface area contributed by atoms with Gasteiger partial charge in [-0.2, -0.15) is 0 Å². The molecule has 2 bridgehead atoms. The summed E-state index contributed by atoms with van der Waals surface area (Å²) in [5, 5.41) is 37.7. The number of nitrogens with zero attached hydrogens (tertiary/aromatic N) is 3. The Hall–Kier alpha value is -3.88. The van der Waals surface area contributed by atoms with Gasteiger partial charge in [0.05, 0.1) is 69.4 Å². The number of aliphatic hydroxyl groups excluding tert-OH is 3.